The molecule has 1 saturated heterocycles. The van der Waals surface area contributed by atoms with Crippen LogP contribution in [0.1, 0.15) is 12.5 Å². The van der Waals surface area contributed by atoms with Crippen molar-refractivity contribution in [3.63, 3.8) is 0 Å². The van der Waals surface area contributed by atoms with Crippen LogP contribution in [0.2, 0.25) is 0 Å². The summed E-state index contributed by atoms with van der Waals surface area (Å²) in [5.74, 6) is 1.58. The van der Waals surface area contributed by atoms with Crippen LogP contribution < -0.4 is 14.8 Å². The number of carbonyl (C=O) groups excluding carboxylic acids is 1. The van der Waals surface area contributed by atoms with Crippen LogP contribution in [0, 0.1) is 0 Å². The Balaban J connectivity index is 1.55. The molecule has 138 valence electrons. The highest BCUT2D eigenvalue weighted by Crippen LogP contribution is 2.29. The smallest absolute Gasteiger partial charge is 0.234 e. The minimum atomic E-state index is -0.0581. The first kappa shape index (κ1) is 18.0. The molecule has 1 N–H and O–H groups in total. The van der Waals surface area contributed by atoms with Crippen molar-refractivity contribution in [2.24, 2.45) is 0 Å². The van der Waals surface area contributed by atoms with E-state index in [-0.39, 0.29) is 18.1 Å². The highest BCUT2D eigenvalue weighted by atomic mass is 16.6. The van der Waals surface area contributed by atoms with Gasteiger partial charge in [-0.1, -0.05) is 6.07 Å². The van der Waals surface area contributed by atoms with Gasteiger partial charge in [-0.2, -0.15) is 0 Å². The standard InChI is InChI=1S/C18H26N2O5/c1-13-9-20(10-14-3-4-15(22-2)7-17(14)25-13)11-18(21)19-8-16-12-23-5-6-24-16/h3-4,7,13,16H,5-6,8-12H2,1-2H3,(H,19,21)/t13-,16-/m1/s1. The van der Waals surface area contributed by atoms with Crippen LogP contribution in [0.3, 0.4) is 0 Å². The molecule has 1 amide bonds. The van der Waals surface area contributed by atoms with Crippen LogP contribution in [0.4, 0.5) is 0 Å². The van der Waals surface area contributed by atoms with Gasteiger partial charge in [-0.3, -0.25) is 9.69 Å². The molecule has 1 fully saturated rings. The van der Waals surface area contributed by atoms with E-state index in [1.165, 1.54) is 0 Å². The maximum absolute atomic E-state index is 12.3. The molecule has 0 radical (unpaired) electrons. The number of hydrogen-bond acceptors (Lipinski definition) is 6. The molecule has 0 aromatic heterocycles. The van der Waals surface area contributed by atoms with Gasteiger partial charge in [-0.05, 0) is 13.0 Å². The van der Waals surface area contributed by atoms with E-state index in [9.17, 15) is 4.79 Å². The van der Waals surface area contributed by atoms with Crippen LogP contribution in [0.15, 0.2) is 18.2 Å². The van der Waals surface area contributed by atoms with Crippen LogP contribution in [-0.2, 0) is 20.8 Å². The maximum Gasteiger partial charge on any atom is 0.234 e. The molecule has 0 bridgehead atoms. The number of ether oxygens (including phenoxy) is 4. The predicted molar refractivity (Wildman–Crippen MR) is 91.9 cm³/mol. The van der Waals surface area contributed by atoms with Crippen molar-refractivity contribution in [1.82, 2.24) is 10.2 Å². The monoisotopic (exact) mass is 350 g/mol. The quantitative estimate of drug-likeness (QED) is 0.848. The molecule has 2 atom stereocenters. The fourth-order valence-electron chi connectivity index (χ4n) is 3.09. The van der Waals surface area contributed by atoms with Crippen molar-refractivity contribution in [2.75, 3.05) is 46.6 Å². The lowest BCUT2D eigenvalue weighted by Crippen LogP contribution is -2.44. The number of hydrogen-bond donors (Lipinski definition) is 1. The van der Waals surface area contributed by atoms with Gasteiger partial charge >= 0.3 is 0 Å². The summed E-state index contributed by atoms with van der Waals surface area (Å²) in [7, 11) is 1.64. The summed E-state index contributed by atoms with van der Waals surface area (Å²) in [6.45, 7) is 5.91. The lowest BCUT2D eigenvalue weighted by molar-refractivity contribution is -0.125. The molecule has 0 aliphatic carbocycles. The minimum absolute atomic E-state index is 0.00349. The fourth-order valence-corrected chi connectivity index (χ4v) is 3.09. The summed E-state index contributed by atoms with van der Waals surface area (Å²) in [5.41, 5.74) is 1.06. The lowest BCUT2D eigenvalue weighted by atomic mass is 10.2. The zero-order valence-electron chi connectivity index (χ0n) is 14.8. The average Bonchev–Trinajstić information content (AvgIpc) is 2.77. The topological polar surface area (TPSA) is 69.3 Å². The third-order valence-corrected chi connectivity index (χ3v) is 4.29. The molecule has 0 spiro atoms. The first-order valence-electron chi connectivity index (χ1n) is 8.66. The number of rotatable bonds is 5. The van der Waals surface area contributed by atoms with E-state index in [1.807, 2.05) is 25.1 Å². The van der Waals surface area contributed by atoms with Crippen molar-refractivity contribution in [3.05, 3.63) is 23.8 Å². The molecular weight excluding hydrogens is 324 g/mol. The Bertz CT molecular complexity index is 589. The second-order valence-corrected chi connectivity index (χ2v) is 6.44. The number of amides is 1. The minimum Gasteiger partial charge on any atom is -0.497 e. The summed E-state index contributed by atoms with van der Waals surface area (Å²) in [6.07, 6.45) is -0.0616. The van der Waals surface area contributed by atoms with E-state index in [4.69, 9.17) is 18.9 Å². The second-order valence-electron chi connectivity index (χ2n) is 6.44. The van der Waals surface area contributed by atoms with Gasteiger partial charge in [0.2, 0.25) is 5.91 Å². The third-order valence-electron chi connectivity index (χ3n) is 4.29. The van der Waals surface area contributed by atoms with Gasteiger partial charge in [0.25, 0.3) is 0 Å². The van der Waals surface area contributed by atoms with E-state index in [1.54, 1.807) is 7.11 Å². The van der Waals surface area contributed by atoms with Gasteiger partial charge in [0.15, 0.2) is 0 Å². The number of benzene rings is 1. The molecule has 2 aliphatic rings. The van der Waals surface area contributed by atoms with Crippen molar-refractivity contribution in [1.29, 1.82) is 0 Å². The van der Waals surface area contributed by atoms with Crippen LogP contribution >= 0.6 is 0 Å². The number of methoxy groups -OCH3 is 1. The number of carbonyl (C=O) groups is 1. The Kier molecular flexibility index (Phi) is 6.12. The van der Waals surface area contributed by atoms with Crippen LogP contribution in [0.25, 0.3) is 0 Å². The molecule has 7 heteroatoms. The molecule has 0 saturated carbocycles. The Morgan fingerprint density at radius 1 is 1.40 bits per heavy atom. The predicted octanol–water partition coefficient (Wildman–Crippen LogP) is 0.810. The molecule has 1 aromatic rings. The Labute approximate surface area is 148 Å². The molecule has 25 heavy (non-hydrogen) atoms. The van der Waals surface area contributed by atoms with E-state index in [0.29, 0.717) is 46.0 Å². The number of nitrogens with zero attached hydrogens (tertiary/aromatic N) is 1. The number of fused-ring (bicyclic) bond motifs is 1. The van der Waals surface area contributed by atoms with Crippen molar-refractivity contribution < 1.29 is 23.7 Å². The summed E-state index contributed by atoms with van der Waals surface area (Å²) in [4.78, 5) is 14.4. The Morgan fingerprint density at radius 3 is 3.04 bits per heavy atom. The average molecular weight is 350 g/mol. The Morgan fingerprint density at radius 2 is 2.28 bits per heavy atom. The van der Waals surface area contributed by atoms with Gasteiger partial charge in [-0.25, -0.2) is 0 Å². The fraction of sp³-hybridized carbons (Fsp3) is 0.611. The molecule has 2 aliphatic heterocycles. The largest absolute Gasteiger partial charge is 0.497 e. The van der Waals surface area contributed by atoms with Crippen molar-refractivity contribution >= 4 is 5.91 Å². The highest BCUT2D eigenvalue weighted by molar-refractivity contribution is 5.78. The first-order valence-corrected chi connectivity index (χ1v) is 8.66. The van der Waals surface area contributed by atoms with Gasteiger partial charge in [0.05, 0.1) is 39.6 Å². The summed E-state index contributed by atoms with van der Waals surface area (Å²) >= 11 is 0. The van der Waals surface area contributed by atoms with Gasteiger partial charge in [0, 0.05) is 31.3 Å². The zero-order chi connectivity index (χ0) is 17.6. The normalized spacial score (nSPS) is 23.9. The SMILES string of the molecule is COc1ccc2c(c1)O[C@H](C)CN(CC(=O)NC[C@@H]1COCCO1)C2. The molecule has 1 aromatic carbocycles. The Hall–Kier alpha value is -1.83. The number of nitrogens with one attached hydrogen (secondary N) is 1. The molecule has 0 unspecified atom stereocenters. The lowest BCUT2D eigenvalue weighted by Gasteiger charge is -2.24. The highest BCUT2D eigenvalue weighted by Gasteiger charge is 2.23. The maximum atomic E-state index is 12.3. The van der Waals surface area contributed by atoms with E-state index >= 15 is 0 Å². The van der Waals surface area contributed by atoms with Crippen molar-refractivity contribution in [2.45, 2.75) is 25.7 Å². The van der Waals surface area contributed by atoms with E-state index in [0.717, 1.165) is 17.1 Å². The molecular formula is C18H26N2O5. The van der Waals surface area contributed by atoms with E-state index in [2.05, 4.69) is 10.2 Å². The summed E-state index contributed by atoms with van der Waals surface area (Å²) < 4.78 is 22.1. The van der Waals surface area contributed by atoms with Crippen molar-refractivity contribution in [3.8, 4) is 11.5 Å². The summed E-state index contributed by atoms with van der Waals surface area (Å²) in [6, 6.07) is 5.80. The molecule has 3 rings (SSSR count). The van der Waals surface area contributed by atoms with Gasteiger partial charge in [-0.15, -0.1) is 0 Å². The van der Waals surface area contributed by atoms with Crippen LogP contribution in [-0.4, -0.2) is 69.6 Å². The second kappa shape index (κ2) is 8.51. The zero-order valence-corrected chi connectivity index (χ0v) is 14.8. The van der Waals surface area contributed by atoms with Gasteiger partial charge in [0.1, 0.15) is 17.6 Å². The summed E-state index contributed by atoms with van der Waals surface area (Å²) in [5, 5.41) is 2.93. The first-order chi connectivity index (χ1) is 12.1. The molecule has 7 nitrogen and oxygen atoms in total. The third kappa shape index (κ3) is 5.07. The molecule has 2 heterocycles. The van der Waals surface area contributed by atoms with Crippen LogP contribution in [0.5, 0.6) is 11.5 Å². The van der Waals surface area contributed by atoms with Gasteiger partial charge < -0.3 is 24.3 Å². The van der Waals surface area contributed by atoms with E-state index < -0.39 is 0 Å².